The van der Waals surface area contributed by atoms with E-state index < -0.39 is 17.9 Å². The van der Waals surface area contributed by atoms with Crippen molar-refractivity contribution in [3.63, 3.8) is 0 Å². The Balaban J connectivity index is 2.55. The van der Waals surface area contributed by atoms with E-state index in [1.54, 1.807) is 18.2 Å². The number of halogens is 1. The van der Waals surface area contributed by atoms with Crippen LogP contribution in [0.25, 0.3) is 11.4 Å². The molecular weight excluding hydrogens is 314 g/mol. The Kier molecular flexibility index (Phi) is 3.66. The first-order chi connectivity index (χ1) is 8.99. The second kappa shape index (κ2) is 5.23. The number of aliphatic carboxylic acids is 1. The number of nitrogens with zero attached hydrogens (tertiary/aromatic N) is 1. The number of hydrogen-bond donors (Lipinski definition) is 3. The fourth-order valence-corrected chi connectivity index (χ4v) is 2.09. The SMILES string of the molecule is Nc1nc(-c2ccccc2Br)[nH]c(=O)c1CC(=O)O. The maximum atomic E-state index is 11.8. The van der Waals surface area contributed by atoms with Crippen LogP contribution in [0.5, 0.6) is 0 Å². The molecular formula is C12H10BrN3O3. The predicted octanol–water partition coefficient (Wildman–Crippen LogP) is 1.41. The number of hydrogen-bond acceptors (Lipinski definition) is 4. The lowest BCUT2D eigenvalue weighted by atomic mass is 10.2. The van der Waals surface area contributed by atoms with Gasteiger partial charge in [0, 0.05) is 10.0 Å². The van der Waals surface area contributed by atoms with Crippen molar-refractivity contribution in [3.8, 4) is 11.4 Å². The Morgan fingerprint density at radius 1 is 1.42 bits per heavy atom. The third-order valence-corrected chi connectivity index (χ3v) is 3.20. The van der Waals surface area contributed by atoms with Crippen molar-refractivity contribution < 1.29 is 9.90 Å². The number of carboxylic acid groups (broad SMARTS) is 1. The van der Waals surface area contributed by atoms with E-state index in [0.717, 1.165) is 4.47 Å². The van der Waals surface area contributed by atoms with Crippen LogP contribution in [0.1, 0.15) is 5.56 Å². The van der Waals surface area contributed by atoms with Crippen molar-refractivity contribution in [3.05, 3.63) is 44.7 Å². The monoisotopic (exact) mass is 323 g/mol. The first kappa shape index (κ1) is 13.3. The number of nitrogens with one attached hydrogen (secondary N) is 1. The molecule has 2 aromatic rings. The van der Waals surface area contributed by atoms with E-state index in [1.807, 2.05) is 6.07 Å². The summed E-state index contributed by atoms with van der Waals surface area (Å²) in [4.78, 5) is 29.1. The molecule has 1 aromatic carbocycles. The highest BCUT2D eigenvalue weighted by atomic mass is 79.9. The maximum absolute atomic E-state index is 11.8. The second-order valence-corrected chi connectivity index (χ2v) is 4.68. The lowest BCUT2D eigenvalue weighted by molar-refractivity contribution is -0.136. The van der Waals surface area contributed by atoms with Crippen LogP contribution in [0.2, 0.25) is 0 Å². The third-order valence-electron chi connectivity index (χ3n) is 2.50. The van der Waals surface area contributed by atoms with Crippen LogP contribution in [-0.2, 0) is 11.2 Å². The van der Waals surface area contributed by atoms with Gasteiger partial charge in [-0.05, 0) is 6.07 Å². The number of benzene rings is 1. The molecule has 0 aliphatic heterocycles. The molecule has 4 N–H and O–H groups in total. The smallest absolute Gasteiger partial charge is 0.308 e. The lowest BCUT2D eigenvalue weighted by Crippen LogP contribution is -2.21. The summed E-state index contributed by atoms with van der Waals surface area (Å²) in [5, 5.41) is 8.70. The molecule has 0 aliphatic rings. The van der Waals surface area contributed by atoms with Crippen LogP contribution in [0.4, 0.5) is 5.82 Å². The zero-order valence-electron chi connectivity index (χ0n) is 9.68. The van der Waals surface area contributed by atoms with Gasteiger partial charge in [0.1, 0.15) is 11.6 Å². The molecule has 0 amide bonds. The van der Waals surface area contributed by atoms with E-state index in [-0.39, 0.29) is 11.4 Å². The maximum Gasteiger partial charge on any atom is 0.308 e. The van der Waals surface area contributed by atoms with E-state index in [2.05, 4.69) is 25.9 Å². The van der Waals surface area contributed by atoms with Crippen molar-refractivity contribution in [2.45, 2.75) is 6.42 Å². The van der Waals surface area contributed by atoms with Gasteiger partial charge in [0.05, 0.1) is 12.0 Å². The van der Waals surface area contributed by atoms with E-state index in [1.165, 1.54) is 0 Å². The molecule has 0 saturated heterocycles. The summed E-state index contributed by atoms with van der Waals surface area (Å²) >= 11 is 3.34. The number of aromatic amines is 1. The number of nitrogen functional groups attached to an aromatic ring is 1. The number of nitrogens with two attached hydrogens (primary N) is 1. The van der Waals surface area contributed by atoms with Gasteiger partial charge in [-0.25, -0.2) is 4.98 Å². The molecule has 1 aromatic heterocycles. The quantitative estimate of drug-likeness (QED) is 0.791. The summed E-state index contributed by atoms with van der Waals surface area (Å²) < 4.78 is 0.753. The summed E-state index contributed by atoms with van der Waals surface area (Å²) in [6, 6.07) is 7.19. The molecule has 0 bridgehead atoms. The average Bonchev–Trinajstić information content (AvgIpc) is 2.34. The van der Waals surface area contributed by atoms with Gasteiger partial charge in [0.25, 0.3) is 5.56 Å². The number of carbonyl (C=O) groups is 1. The zero-order chi connectivity index (χ0) is 14.0. The molecule has 2 rings (SSSR count). The van der Waals surface area contributed by atoms with Gasteiger partial charge < -0.3 is 15.8 Å². The van der Waals surface area contributed by atoms with Gasteiger partial charge in [0.15, 0.2) is 0 Å². The number of aromatic nitrogens is 2. The van der Waals surface area contributed by atoms with Crippen molar-refractivity contribution >= 4 is 27.7 Å². The molecule has 19 heavy (non-hydrogen) atoms. The summed E-state index contributed by atoms with van der Waals surface area (Å²) in [5.41, 5.74) is 5.74. The Bertz CT molecular complexity index is 697. The normalized spacial score (nSPS) is 10.4. The standard InChI is InChI=1S/C12H10BrN3O3/c13-8-4-2-1-3-6(8)11-15-10(14)7(5-9(17)18)12(19)16-11/h1-4H,5H2,(H,17,18)(H3,14,15,16,19). The minimum atomic E-state index is -1.13. The molecule has 7 heteroatoms. The summed E-state index contributed by atoms with van der Waals surface area (Å²) in [7, 11) is 0. The van der Waals surface area contributed by atoms with E-state index >= 15 is 0 Å². The lowest BCUT2D eigenvalue weighted by Gasteiger charge is -2.07. The number of H-pyrrole nitrogens is 1. The molecule has 0 fully saturated rings. The highest BCUT2D eigenvalue weighted by molar-refractivity contribution is 9.10. The van der Waals surface area contributed by atoms with Crippen molar-refractivity contribution in [1.29, 1.82) is 0 Å². The predicted molar refractivity (Wildman–Crippen MR) is 73.7 cm³/mol. The van der Waals surface area contributed by atoms with E-state index in [4.69, 9.17) is 10.8 Å². The van der Waals surface area contributed by atoms with Crippen molar-refractivity contribution in [2.24, 2.45) is 0 Å². The van der Waals surface area contributed by atoms with Gasteiger partial charge in [-0.2, -0.15) is 0 Å². The molecule has 98 valence electrons. The molecule has 0 aliphatic carbocycles. The van der Waals surface area contributed by atoms with Gasteiger partial charge in [-0.3, -0.25) is 9.59 Å². The molecule has 0 radical (unpaired) electrons. The Morgan fingerprint density at radius 2 is 2.11 bits per heavy atom. The van der Waals surface area contributed by atoms with Gasteiger partial charge in [-0.1, -0.05) is 34.1 Å². The topological polar surface area (TPSA) is 109 Å². The van der Waals surface area contributed by atoms with Gasteiger partial charge >= 0.3 is 5.97 Å². The number of carboxylic acids is 1. The summed E-state index contributed by atoms with van der Waals surface area (Å²) in [6.07, 6.45) is -0.454. The van der Waals surface area contributed by atoms with Gasteiger partial charge in [-0.15, -0.1) is 0 Å². The molecule has 0 unspecified atom stereocenters. The minimum absolute atomic E-state index is 0.0386. The number of rotatable bonds is 3. The third kappa shape index (κ3) is 2.82. The van der Waals surface area contributed by atoms with Crippen LogP contribution in [0.3, 0.4) is 0 Å². The van der Waals surface area contributed by atoms with Crippen molar-refractivity contribution in [2.75, 3.05) is 5.73 Å². The Morgan fingerprint density at radius 3 is 2.68 bits per heavy atom. The largest absolute Gasteiger partial charge is 0.481 e. The Labute approximate surface area is 116 Å². The average molecular weight is 324 g/mol. The van der Waals surface area contributed by atoms with E-state index in [0.29, 0.717) is 11.4 Å². The summed E-state index contributed by atoms with van der Waals surface area (Å²) in [6.45, 7) is 0. The highest BCUT2D eigenvalue weighted by Gasteiger charge is 2.14. The molecule has 6 nitrogen and oxygen atoms in total. The van der Waals surface area contributed by atoms with Crippen LogP contribution in [-0.4, -0.2) is 21.0 Å². The highest BCUT2D eigenvalue weighted by Crippen LogP contribution is 2.25. The zero-order valence-corrected chi connectivity index (χ0v) is 11.3. The second-order valence-electron chi connectivity index (χ2n) is 3.83. The van der Waals surface area contributed by atoms with Crippen LogP contribution < -0.4 is 11.3 Å². The Hall–Kier alpha value is -2.15. The fourth-order valence-electron chi connectivity index (χ4n) is 1.62. The van der Waals surface area contributed by atoms with Crippen LogP contribution in [0.15, 0.2) is 33.5 Å². The molecule has 0 saturated carbocycles. The van der Waals surface area contributed by atoms with Gasteiger partial charge in [0.2, 0.25) is 0 Å². The first-order valence-electron chi connectivity index (χ1n) is 5.34. The van der Waals surface area contributed by atoms with E-state index in [9.17, 15) is 9.59 Å². The summed E-state index contributed by atoms with van der Waals surface area (Å²) in [5.74, 6) is -0.909. The van der Waals surface area contributed by atoms with Crippen molar-refractivity contribution in [1.82, 2.24) is 9.97 Å². The number of anilines is 1. The first-order valence-corrected chi connectivity index (χ1v) is 6.13. The fraction of sp³-hybridized carbons (Fsp3) is 0.0833. The molecule has 1 heterocycles. The van der Waals surface area contributed by atoms with Crippen LogP contribution in [0, 0.1) is 0 Å². The molecule has 0 spiro atoms. The minimum Gasteiger partial charge on any atom is -0.481 e. The molecule has 0 atom stereocenters. The van der Waals surface area contributed by atoms with Crippen LogP contribution >= 0.6 is 15.9 Å².